The number of morpholine rings is 1. The van der Waals surface area contributed by atoms with Gasteiger partial charge in [-0.1, -0.05) is 42.5 Å². The number of hydrogen-bond acceptors (Lipinski definition) is 5. The van der Waals surface area contributed by atoms with E-state index in [0.29, 0.717) is 31.1 Å². The maximum atomic E-state index is 13.2. The first-order valence-corrected chi connectivity index (χ1v) is 11.9. The quantitative estimate of drug-likeness (QED) is 0.665. The van der Waals surface area contributed by atoms with Crippen LogP contribution in [0, 0.1) is 0 Å². The number of hydrogen-bond donors (Lipinski definition) is 1. The van der Waals surface area contributed by atoms with E-state index in [2.05, 4.69) is 34.5 Å². The van der Waals surface area contributed by atoms with Crippen LogP contribution in [-0.4, -0.2) is 61.4 Å². The number of thiophene rings is 1. The number of carbonyl (C=O) groups is 2. The monoisotopic (exact) mass is 449 g/mol. The summed E-state index contributed by atoms with van der Waals surface area (Å²) in [4.78, 5) is 30.6. The summed E-state index contributed by atoms with van der Waals surface area (Å²) >= 11 is 1.48. The Bertz CT molecular complexity index is 1160. The SMILES string of the molecule is CNC(=O)c1sc2ccccc2c1C1CN(C(=O)CN2CCc3ccccc3C2)CCO1. The molecule has 2 amide bonds. The molecule has 2 aromatic carbocycles. The van der Waals surface area contributed by atoms with Gasteiger partial charge in [0.2, 0.25) is 5.91 Å². The highest BCUT2D eigenvalue weighted by Gasteiger charge is 2.32. The first-order valence-electron chi connectivity index (χ1n) is 11.1. The molecule has 0 aliphatic carbocycles. The van der Waals surface area contributed by atoms with Gasteiger partial charge in [0, 0.05) is 36.9 Å². The fraction of sp³-hybridized carbons (Fsp3) is 0.360. The number of nitrogens with one attached hydrogen (secondary N) is 1. The lowest BCUT2D eigenvalue weighted by Gasteiger charge is -2.35. The zero-order chi connectivity index (χ0) is 22.1. The molecule has 1 aromatic heterocycles. The van der Waals surface area contributed by atoms with Crippen LogP contribution in [-0.2, 0) is 22.5 Å². The van der Waals surface area contributed by atoms with Gasteiger partial charge in [0.05, 0.1) is 24.6 Å². The summed E-state index contributed by atoms with van der Waals surface area (Å²) in [7, 11) is 1.64. The third-order valence-corrected chi connectivity index (χ3v) is 7.56. The molecule has 166 valence electrons. The highest BCUT2D eigenvalue weighted by Crippen LogP contribution is 2.38. The Morgan fingerprint density at radius 1 is 1.09 bits per heavy atom. The molecule has 7 heteroatoms. The van der Waals surface area contributed by atoms with Crippen LogP contribution < -0.4 is 5.32 Å². The molecule has 0 saturated carbocycles. The average Bonchev–Trinajstić information content (AvgIpc) is 3.23. The molecule has 3 aromatic rings. The number of benzene rings is 2. The lowest BCUT2D eigenvalue weighted by Crippen LogP contribution is -2.47. The first-order chi connectivity index (χ1) is 15.6. The predicted molar refractivity (Wildman–Crippen MR) is 126 cm³/mol. The molecular weight excluding hydrogens is 422 g/mol. The van der Waals surface area contributed by atoms with Crippen molar-refractivity contribution in [3.05, 3.63) is 70.1 Å². The maximum Gasteiger partial charge on any atom is 0.261 e. The second-order valence-corrected chi connectivity index (χ2v) is 9.40. The van der Waals surface area contributed by atoms with E-state index in [1.807, 2.05) is 29.2 Å². The lowest BCUT2D eigenvalue weighted by molar-refractivity contribution is -0.140. The van der Waals surface area contributed by atoms with E-state index in [9.17, 15) is 9.59 Å². The molecule has 1 saturated heterocycles. The molecule has 6 nitrogen and oxygen atoms in total. The third kappa shape index (κ3) is 4.03. The van der Waals surface area contributed by atoms with Crippen LogP contribution in [0.5, 0.6) is 0 Å². The summed E-state index contributed by atoms with van der Waals surface area (Å²) < 4.78 is 7.16. The van der Waals surface area contributed by atoms with Crippen molar-refractivity contribution in [2.45, 2.75) is 19.1 Å². The Morgan fingerprint density at radius 3 is 2.72 bits per heavy atom. The van der Waals surface area contributed by atoms with Gasteiger partial charge in [-0.25, -0.2) is 0 Å². The van der Waals surface area contributed by atoms with E-state index in [1.165, 1.54) is 22.5 Å². The van der Waals surface area contributed by atoms with E-state index < -0.39 is 0 Å². The third-order valence-electron chi connectivity index (χ3n) is 6.38. The maximum absolute atomic E-state index is 13.2. The van der Waals surface area contributed by atoms with Crippen LogP contribution in [0.3, 0.4) is 0 Å². The average molecular weight is 450 g/mol. The highest BCUT2D eigenvalue weighted by atomic mass is 32.1. The van der Waals surface area contributed by atoms with Crippen LogP contribution >= 0.6 is 11.3 Å². The van der Waals surface area contributed by atoms with Gasteiger partial charge in [0.25, 0.3) is 5.91 Å². The van der Waals surface area contributed by atoms with Gasteiger partial charge in [-0.3, -0.25) is 14.5 Å². The predicted octanol–water partition coefficient (Wildman–Crippen LogP) is 3.22. The van der Waals surface area contributed by atoms with Crippen LogP contribution in [0.15, 0.2) is 48.5 Å². The van der Waals surface area contributed by atoms with E-state index in [-0.39, 0.29) is 17.9 Å². The van der Waals surface area contributed by atoms with Crippen LogP contribution in [0.25, 0.3) is 10.1 Å². The van der Waals surface area contributed by atoms with Gasteiger partial charge >= 0.3 is 0 Å². The largest absolute Gasteiger partial charge is 0.370 e. The Balaban J connectivity index is 1.33. The molecule has 3 heterocycles. The van der Waals surface area contributed by atoms with Crippen molar-refractivity contribution in [3.63, 3.8) is 0 Å². The molecule has 32 heavy (non-hydrogen) atoms. The topological polar surface area (TPSA) is 61.9 Å². The van der Waals surface area contributed by atoms with Crippen molar-refractivity contribution in [3.8, 4) is 0 Å². The molecule has 0 radical (unpaired) electrons. The lowest BCUT2D eigenvalue weighted by atomic mass is 10.00. The Kier molecular flexibility index (Phi) is 5.95. The van der Waals surface area contributed by atoms with Crippen molar-refractivity contribution < 1.29 is 14.3 Å². The standard InChI is InChI=1S/C25H27N3O3S/c1-26-25(30)24-23(19-8-4-5-9-21(19)32-24)20-15-28(12-13-31-20)22(29)16-27-11-10-17-6-2-3-7-18(17)14-27/h2-9,20H,10-16H2,1H3,(H,26,30). The van der Waals surface area contributed by atoms with E-state index >= 15 is 0 Å². The molecule has 1 N–H and O–H groups in total. The minimum absolute atomic E-state index is 0.111. The minimum atomic E-state index is -0.307. The summed E-state index contributed by atoms with van der Waals surface area (Å²) in [5, 5.41) is 3.78. The Morgan fingerprint density at radius 2 is 1.88 bits per heavy atom. The zero-order valence-electron chi connectivity index (χ0n) is 18.2. The summed E-state index contributed by atoms with van der Waals surface area (Å²) in [6, 6.07) is 16.5. The zero-order valence-corrected chi connectivity index (χ0v) is 19.0. The molecule has 0 spiro atoms. The number of nitrogens with zero attached hydrogens (tertiary/aromatic N) is 2. The van der Waals surface area contributed by atoms with Crippen LogP contribution in [0.1, 0.15) is 32.5 Å². The Labute approximate surface area is 191 Å². The first kappa shape index (κ1) is 21.1. The van der Waals surface area contributed by atoms with Crippen molar-refractivity contribution in [2.24, 2.45) is 0 Å². The minimum Gasteiger partial charge on any atom is -0.370 e. The molecular formula is C25H27N3O3S. The number of carbonyl (C=O) groups excluding carboxylic acids is 2. The highest BCUT2D eigenvalue weighted by molar-refractivity contribution is 7.21. The van der Waals surface area contributed by atoms with Crippen LogP contribution in [0.2, 0.25) is 0 Å². The summed E-state index contributed by atoms with van der Waals surface area (Å²) in [6.07, 6.45) is 0.671. The summed E-state index contributed by atoms with van der Waals surface area (Å²) in [5.41, 5.74) is 3.59. The van der Waals surface area contributed by atoms with Gasteiger partial charge in [-0.2, -0.15) is 0 Å². The normalized spacial score (nSPS) is 19.0. The number of fused-ring (bicyclic) bond motifs is 2. The van der Waals surface area contributed by atoms with Crippen molar-refractivity contribution in [1.29, 1.82) is 0 Å². The van der Waals surface area contributed by atoms with Gasteiger partial charge in [0.1, 0.15) is 6.10 Å². The Hall–Kier alpha value is -2.74. The summed E-state index contributed by atoms with van der Waals surface area (Å²) in [5.74, 6) is 0.0129. The van der Waals surface area contributed by atoms with Crippen LogP contribution in [0.4, 0.5) is 0 Å². The molecule has 1 atom stereocenters. The molecule has 0 bridgehead atoms. The van der Waals surface area contributed by atoms with Crippen molar-refractivity contribution >= 4 is 33.2 Å². The van der Waals surface area contributed by atoms with Gasteiger partial charge in [-0.05, 0) is 29.0 Å². The summed E-state index contributed by atoms with van der Waals surface area (Å²) in [6.45, 7) is 3.63. The fourth-order valence-corrected chi connectivity index (χ4v) is 5.90. The van der Waals surface area contributed by atoms with Crippen molar-refractivity contribution in [2.75, 3.05) is 39.8 Å². The van der Waals surface area contributed by atoms with Gasteiger partial charge < -0.3 is 15.0 Å². The van der Waals surface area contributed by atoms with E-state index in [1.54, 1.807) is 7.05 Å². The second kappa shape index (κ2) is 9.02. The smallest absolute Gasteiger partial charge is 0.261 e. The van der Waals surface area contributed by atoms with Crippen molar-refractivity contribution in [1.82, 2.24) is 15.1 Å². The molecule has 1 unspecified atom stereocenters. The number of rotatable bonds is 4. The fourth-order valence-electron chi connectivity index (χ4n) is 4.70. The molecule has 1 fully saturated rings. The number of amides is 2. The van der Waals surface area contributed by atoms with E-state index in [0.717, 1.165) is 35.2 Å². The van der Waals surface area contributed by atoms with E-state index in [4.69, 9.17) is 4.74 Å². The molecule has 2 aliphatic rings. The molecule has 2 aliphatic heterocycles. The van der Waals surface area contributed by atoms with Gasteiger partial charge in [0.15, 0.2) is 0 Å². The number of ether oxygens (including phenoxy) is 1. The second-order valence-electron chi connectivity index (χ2n) is 8.35. The van der Waals surface area contributed by atoms with Gasteiger partial charge in [-0.15, -0.1) is 11.3 Å². The molecule has 5 rings (SSSR count).